The van der Waals surface area contributed by atoms with Crippen LogP contribution in [0.4, 0.5) is 15.8 Å². The van der Waals surface area contributed by atoms with Gasteiger partial charge in [-0.1, -0.05) is 18.3 Å². The van der Waals surface area contributed by atoms with E-state index in [1.54, 1.807) is 11.3 Å². The van der Waals surface area contributed by atoms with Crippen LogP contribution in [0.3, 0.4) is 0 Å². The molecular formula is C17H19N5S. The maximum absolute atomic E-state index is 4.46. The largest absolute Gasteiger partial charge is 0.358 e. The van der Waals surface area contributed by atoms with E-state index in [0.29, 0.717) is 0 Å². The molecule has 1 aromatic carbocycles. The highest BCUT2D eigenvalue weighted by molar-refractivity contribution is 7.19. The number of benzene rings is 1. The number of hydrogen-bond acceptors (Lipinski definition) is 5. The predicted octanol–water partition coefficient (Wildman–Crippen LogP) is 5.20. The molecule has 1 aliphatic heterocycles. The van der Waals surface area contributed by atoms with Crippen molar-refractivity contribution in [1.29, 1.82) is 0 Å². The molecule has 4 rings (SSSR count). The minimum atomic E-state index is 0.857. The average Bonchev–Trinajstić information content (AvgIpc) is 3.30. The molecule has 1 N–H and O–H groups in total. The van der Waals surface area contributed by atoms with Crippen molar-refractivity contribution in [2.24, 2.45) is 10.2 Å². The quantitative estimate of drug-likeness (QED) is 0.670. The second-order valence-electron chi connectivity index (χ2n) is 5.79. The number of fused-ring (bicyclic) bond motifs is 1. The van der Waals surface area contributed by atoms with Gasteiger partial charge >= 0.3 is 0 Å². The summed E-state index contributed by atoms with van der Waals surface area (Å²) < 4.78 is 0. The molecule has 1 fully saturated rings. The number of aromatic nitrogens is 2. The van der Waals surface area contributed by atoms with Crippen molar-refractivity contribution in [2.75, 3.05) is 18.0 Å². The normalized spacial score (nSPS) is 15.3. The van der Waals surface area contributed by atoms with Crippen LogP contribution < -0.4 is 4.90 Å². The van der Waals surface area contributed by atoms with E-state index >= 15 is 0 Å². The van der Waals surface area contributed by atoms with Crippen molar-refractivity contribution >= 4 is 38.1 Å². The molecule has 0 radical (unpaired) electrons. The fourth-order valence-corrected chi connectivity index (χ4v) is 3.69. The van der Waals surface area contributed by atoms with Crippen LogP contribution in [0, 0.1) is 0 Å². The van der Waals surface area contributed by atoms with E-state index in [1.807, 2.05) is 12.3 Å². The van der Waals surface area contributed by atoms with Crippen LogP contribution in [-0.4, -0.2) is 23.1 Å². The molecule has 0 bridgehead atoms. The third-order valence-electron chi connectivity index (χ3n) is 4.16. The van der Waals surface area contributed by atoms with Crippen LogP contribution in [0.2, 0.25) is 0 Å². The van der Waals surface area contributed by atoms with Crippen molar-refractivity contribution in [3.05, 3.63) is 36.2 Å². The van der Waals surface area contributed by atoms with Crippen LogP contribution in [-0.2, 0) is 6.42 Å². The Kier molecular flexibility index (Phi) is 3.83. The molecule has 0 atom stereocenters. The van der Waals surface area contributed by atoms with E-state index in [0.717, 1.165) is 40.8 Å². The Hall–Kier alpha value is -2.21. The Bertz CT molecular complexity index is 842. The fraction of sp³-hybridized carbons (Fsp3) is 0.353. The van der Waals surface area contributed by atoms with Crippen LogP contribution in [0.1, 0.15) is 25.5 Å². The standard InChI is InChI=1S/C17H19N5S/c1-2-13-9-12-10-14(5-6-15(12)19-13)20-21-16-11-18-17(23-16)22-7-3-4-8-22/h5-6,9-11,19H,2-4,7-8H2,1H3/b21-20+. The molecule has 0 aliphatic carbocycles. The summed E-state index contributed by atoms with van der Waals surface area (Å²) in [6.07, 6.45) is 5.33. The first-order valence-electron chi connectivity index (χ1n) is 8.06. The molecule has 5 nitrogen and oxygen atoms in total. The van der Waals surface area contributed by atoms with E-state index in [1.165, 1.54) is 23.9 Å². The number of nitrogens with one attached hydrogen (secondary N) is 1. The van der Waals surface area contributed by atoms with Crippen molar-refractivity contribution in [2.45, 2.75) is 26.2 Å². The lowest BCUT2D eigenvalue weighted by Crippen LogP contribution is -2.16. The summed E-state index contributed by atoms with van der Waals surface area (Å²) >= 11 is 1.61. The molecule has 3 aromatic rings. The second-order valence-corrected chi connectivity index (χ2v) is 6.78. The number of hydrogen-bond donors (Lipinski definition) is 1. The Morgan fingerprint density at radius 2 is 2.09 bits per heavy atom. The zero-order valence-electron chi connectivity index (χ0n) is 13.1. The lowest BCUT2D eigenvalue weighted by Gasteiger charge is -2.11. The highest BCUT2D eigenvalue weighted by atomic mass is 32.1. The number of aryl methyl sites for hydroxylation is 1. The fourth-order valence-electron chi connectivity index (χ4n) is 2.90. The molecule has 0 spiro atoms. The topological polar surface area (TPSA) is 56.6 Å². The van der Waals surface area contributed by atoms with Crippen LogP contribution in [0.5, 0.6) is 0 Å². The Balaban J connectivity index is 1.53. The monoisotopic (exact) mass is 325 g/mol. The smallest absolute Gasteiger partial charge is 0.187 e. The maximum atomic E-state index is 4.46. The summed E-state index contributed by atoms with van der Waals surface area (Å²) in [6, 6.07) is 8.29. The molecule has 6 heteroatoms. The highest BCUT2D eigenvalue weighted by Crippen LogP contribution is 2.32. The first-order valence-corrected chi connectivity index (χ1v) is 8.87. The molecule has 23 heavy (non-hydrogen) atoms. The third-order valence-corrected chi connectivity index (χ3v) is 5.11. The van der Waals surface area contributed by atoms with Crippen molar-refractivity contribution in [3.8, 4) is 0 Å². The van der Waals surface area contributed by atoms with Gasteiger partial charge < -0.3 is 9.88 Å². The second kappa shape index (κ2) is 6.12. The van der Waals surface area contributed by atoms with Crippen LogP contribution >= 0.6 is 11.3 Å². The molecule has 1 aliphatic rings. The maximum Gasteiger partial charge on any atom is 0.187 e. The van der Waals surface area contributed by atoms with Gasteiger partial charge in [0.15, 0.2) is 10.1 Å². The lowest BCUT2D eigenvalue weighted by molar-refractivity contribution is 0.949. The van der Waals surface area contributed by atoms with Crippen LogP contribution in [0.25, 0.3) is 10.9 Å². The molecule has 1 saturated heterocycles. The van der Waals surface area contributed by atoms with Gasteiger partial charge in [0.1, 0.15) is 0 Å². The number of H-pyrrole nitrogens is 1. The number of aromatic amines is 1. The summed E-state index contributed by atoms with van der Waals surface area (Å²) in [5, 5.41) is 11.8. The number of anilines is 1. The Morgan fingerprint density at radius 1 is 1.22 bits per heavy atom. The van der Waals surface area contributed by atoms with E-state index in [4.69, 9.17) is 0 Å². The van der Waals surface area contributed by atoms with Crippen molar-refractivity contribution in [3.63, 3.8) is 0 Å². The van der Waals surface area contributed by atoms with Gasteiger partial charge in [0.2, 0.25) is 0 Å². The van der Waals surface area contributed by atoms with Gasteiger partial charge in [-0.15, -0.1) is 10.2 Å². The molecule has 0 saturated carbocycles. The van der Waals surface area contributed by atoms with Gasteiger partial charge in [-0.3, -0.25) is 0 Å². The predicted molar refractivity (Wildman–Crippen MR) is 95.4 cm³/mol. The summed E-state index contributed by atoms with van der Waals surface area (Å²) in [5.41, 5.74) is 3.26. The first kappa shape index (κ1) is 14.4. The van der Waals surface area contributed by atoms with Crippen molar-refractivity contribution in [1.82, 2.24) is 9.97 Å². The Labute approximate surface area is 139 Å². The molecule has 0 unspecified atom stereocenters. The molecule has 118 valence electrons. The number of azo groups is 1. The molecule has 0 amide bonds. The summed E-state index contributed by atoms with van der Waals surface area (Å²) in [5.74, 6) is 0. The van der Waals surface area contributed by atoms with Gasteiger partial charge in [0.25, 0.3) is 0 Å². The van der Waals surface area contributed by atoms with Crippen molar-refractivity contribution < 1.29 is 0 Å². The summed E-state index contributed by atoms with van der Waals surface area (Å²) in [7, 11) is 0. The van der Waals surface area contributed by atoms with Gasteiger partial charge in [-0.05, 0) is 43.5 Å². The van der Waals surface area contributed by atoms with E-state index in [-0.39, 0.29) is 0 Å². The Morgan fingerprint density at radius 3 is 2.91 bits per heavy atom. The minimum absolute atomic E-state index is 0.857. The van der Waals surface area contributed by atoms with E-state index in [2.05, 4.69) is 50.2 Å². The lowest BCUT2D eigenvalue weighted by atomic mass is 10.2. The average molecular weight is 325 g/mol. The third kappa shape index (κ3) is 2.99. The molecule has 2 aromatic heterocycles. The number of thiazole rings is 1. The van der Waals surface area contributed by atoms with Gasteiger partial charge in [0, 0.05) is 29.7 Å². The zero-order valence-corrected chi connectivity index (χ0v) is 13.9. The van der Waals surface area contributed by atoms with Gasteiger partial charge in [-0.25, -0.2) is 4.98 Å². The molecular weight excluding hydrogens is 306 g/mol. The van der Waals surface area contributed by atoms with E-state index < -0.39 is 0 Å². The highest BCUT2D eigenvalue weighted by Gasteiger charge is 2.15. The van der Waals surface area contributed by atoms with Gasteiger partial charge in [-0.2, -0.15) is 0 Å². The first-order chi connectivity index (χ1) is 11.3. The zero-order chi connectivity index (χ0) is 15.6. The SMILES string of the molecule is CCc1cc2cc(/N=N/c3cnc(N4CCCC4)s3)ccc2[nH]1. The molecule has 3 heterocycles. The number of rotatable bonds is 4. The van der Waals surface area contributed by atoms with Crippen LogP contribution in [0.15, 0.2) is 40.7 Å². The summed E-state index contributed by atoms with van der Waals surface area (Å²) in [6.45, 7) is 4.36. The van der Waals surface area contributed by atoms with Gasteiger partial charge in [0.05, 0.1) is 11.9 Å². The van der Waals surface area contributed by atoms with E-state index in [9.17, 15) is 0 Å². The minimum Gasteiger partial charge on any atom is -0.358 e. The summed E-state index contributed by atoms with van der Waals surface area (Å²) in [4.78, 5) is 10.2. The number of nitrogens with zero attached hydrogens (tertiary/aromatic N) is 4.